The van der Waals surface area contributed by atoms with Gasteiger partial charge >= 0.3 is 0 Å². The maximum atomic E-state index is 4.58. The van der Waals surface area contributed by atoms with E-state index in [1.54, 1.807) is 11.8 Å². The third-order valence-corrected chi connectivity index (χ3v) is 3.98. The lowest BCUT2D eigenvalue weighted by Gasteiger charge is -2.25. The van der Waals surface area contributed by atoms with Crippen molar-refractivity contribution in [3.8, 4) is 11.4 Å². The Labute approximate surface area is 116 Å². The van der Waals surface area contributed by atoms with Gasteiger partial charge < -0.3 is 10.2 Å². The second-order valence-electron chi connectivity index (χ2n) is 4.45. The minimum Gasteiger partial charge on any atom is -0.337 e. The Balaban J connectivity index is 1.79. The molecule has 2 aromatic rings. The third kappa shape index (κ3) is 2.74. The molecule has 0 bridgehead atoms. The summed E-state index contributed by atoms with van der Waals surface area (Å²) in [6, 6.07) is 8.36. The van der Waals surface area contributed by atoms with Crippen LogP contribution in [0.5, 0.6) is 0 Å². The van der Waals surface area contributed by atoms with Crippen LogP contribution >= 0.6 is 11.8 Å². The molecule has 0 atom stereocenters. The maximum absolute atomic E-state index is 4.58. The maximum Gasteiger partial charge on any atom is 0.245 e. The van der Waals surface area contributed by atoms with E-state index in [0.29, 0.717) is 0 Å². The number of benzene rings is 1. The molecular weight excluding hydrogens is 258 g/mol. The van der Waals surface area contributed by atoms with E-state index in [-0.39, 0.29) is 0 Å². The lowest BCUT2D eigenvalue weighted by Crippen LogP contribution is -2.44. The predicted octanol–water partition coefficient (Wildman–Crippen LogP) is 1.60. The zero-order valence-electron chi connectivity index (χ0n) is 10.9. The van der Waals surface area contributed by atoms with Gasteiger partial charge in [0.25, 0.3) is 0 Å². The molecule has 0 amide bonds. The number of anilines is 1. The van der Waals surface area contributed by atoms with Gasteiger partial charge in [-0.15, -0.1) is 16.9 Å². The molecule has 100 valence electrons. The highest BCUT2D eigenvalue weighted by Crippen LogP contribution is 2.21. The molecule has 6 heteroatoms. The van der Waals surface area contributed by atoms with Crippen molar-refractivity contribution in [3.63, 3.8) is 0 Å². The Morgan fingerprint density at radius 3 is 2.58 bits per heavy atom. The van der Waals surface area contributed by atoms with Crippen molar-refractivity contribution < 1.29 is 0 Å². The van der Waals surface area contributed by atoms with Gasteiger partial charge in [-0.2, -0.15) is 4.98 Å². The standard InChI is InChI=1S/C13H17N5S/c1-19-11-4-2-10(3-5-11)12-15-13(17-16-12)18-8-6-14-7-9-18/h2-5,14H,6-9H2,1H3,(H,15,16,17). The molecule has 2 heterocycles. The summed E-state index contributed by atoms with van der Waals surface area (Å²) in [4.78, 5) is 8.04. The van der Waals surface area contributed by atoms with Crippen LogP contribution in [0, 0.1) is 0 Å². The minimum absolute atomic E-state index is 0.797. The predicted molar refractivity (Wildman–Crippen MR) is 78.7 cm³/mol. The highest BCUT2D eigenvalue weighted by Gasteiger charge is 2.15. The number of hydrogen-bond acceptors (Lipinski definition) is 5. The zero-order chi connectivity index (χ0) is 13.1. The molecule has 0 aliphatic carbocycles. The van der Waals surface area contributed by atoms with Gasteiger partial charge in [0.15, 0.2) is 5.82 Å². The summed E-state index contributed by atoms with van der Waals surface area (Å²) in [5.41, 5.74) is 1.08. The molecule has 1 saturated heterocycles. The van der Waals surface area contributed by atoms with E-state index in [1.165, 1.54) is 4.90 Å². The average molecular weight is 275 g/mol. The fraction of sp³-hybridized carbons (Fsp3) is 0.385. The van der Waals surface area contributed by atoms with Crippen molar-refractivity contribution in [1.82, 2.24) is 20.5 Å². The van der Waals surface area contributed by atoms with E-state index in [4.69, 9.17) is 0 Å². The van der Waals surface area contributed by atoms with Gasteiger partial charge in [-0.1, -0.05) is 12.1 Å². The fourth-order valence-corrected chi connectivity index (χ4v) is 2.55. The highest BCUT2D eigenvalue weighted by atomic mass is 32.2. The molecule has 5 nitrogen and oxygen atoms in total. The molecule has 19 heavy (non-hydrogen) atoms. The van der Waals surface area contributed by atoms with Crippen LogP contribution < -0.4 is 10.2 Å². The molecule has 0 radical (unpaired) electrons. The van der Waals surface area contributed by atoms with Gasteiger partial charge in [0.05, 0.1) is 0 Å². The normalized spacial score (nSPS) is 15.7. The molecule has 1 aliphatic heterocycles. The Morgan fingerprint density at radius 2 is 1.89 bits per heavy atom. The quantitative estimate of drug-likeness (QED) is 0.833. The van der Waals surface area contributed by atoms with Crippen molar-refractivity contribution in [2.75, 3.05) is 37.3 Å². The number of aromatic amines is 1. The summed E-state index contributed by atoms with van der Waals surface area (Å²) < 4.78 is 0. The van der Waals surface area contributed by atoms with E-state index >= 15 is 0 Å². The Morgan fingerprint density at radius 1 is 1.16 bits per heavy atom. The molecule has 1 aromatic heterocycles. The van der Waals surface area contributed by atoms with Crippen molar-refractivity contribution in [2.24, 2.45) is 0 Å². The van der Waals surface area contributed by atoms with Crippen molar-refractivity contribution in [2.45, 2.75) is 4.90 Å². The first-order chi connectivity index (χ1) is 9.36. The van der Waals surface area contributed by atoms with Crippen LogP contribution in [0.2, 0.25) is 0 Å². The van der Waals surface area contributed by atoms with Crippen molar-refractivity contribution in [3.05, 3.63) is 24.3 Å². The first-order valence-electron chi connectivity index (χ1n) is 6.39. The summed E-state index contributed by atoms with van der Waals surface area (Å²) in [5.74, 6) is 1.63. The summed E-state index contributed by atoms with van der Waals surface area (Å²) in [7, 11) is 0. The van der Waals surface area contributed by atoms with Crippen LogP contribution in [-0.4, -0.2) is 47.6 Å². The lowest BCUT2D eigenvalue weighted by atomic mass is 10.2. The lowest BCUT2D eigenvalue weighted by molar-refractivity contribution is 0.580. The average Bonchev–Trinajstić information content (AvgIpc) is 2.98. The molecule has 1 fully saturated rings. The number of piperazine rings is 1. The monoisotopic (exact) mass is 275 g/mol. The van der Waals surface area contributed by atoms with Crippen molar-refractivity contribution >= 4 is 17.7 Å². The van der Waals surface area contributed by atoms with E-state index in [2.05, 4.69) is 55.9 Å². The third-order valence-electron chi connectivity index (χ3n) is 3.24. The first-order valence-corrected chi connectivity index (χ1v) is 7.62. The smallest absolute Gasteiger partial charge is 0.245 e. The van der Waals surface area contributed by atoms with Crippen LogP contribution in [0.25, 0.3) is 11.4 Å². The number of aromatic nitrogens is 3. The van der Waals surface area contributed by atoms with Crippen LogP contribution in [0.15, 0.2) is 29.2 Å². The highest BCUT2D eigenvalue weighted by molar-refractivity contribution is 7.98. The number of H-pyrrole nitrogens is 1. The fourth-order valence-electron chi connectivity index (χ4n) is 2.14. The first kappa shape index (κ1) is 12.5. The van der Waals surface area contributed by atoms with E-state index < -0.39 is 0 Å². The molecule has 0 saturated carbocycles. The Bertz CT molecular complexity index is 530. The SMILES string of the molecule is CSc1ccc(-c2nc(N3CCNCC3)n[nH]2)cc1. The molecular formula is C13H17N5S. The van der Waals surface area contributed by atoms with E-state index in [0.717, 1.165) is 43.5 Å². The zero-order valence-corrected chi connectivity index (χ0v) is 11.7. The summed E-state index contributed by atoms with van der Waals surface area (Å²) >= 11 is 1.74. The molecule has 2 N–H and O–H groups in total. The second-order valence-corrected chi connectivity index (χ2v) is 5.33. The van der Waals surface area contributed by atoms with Crippen LogP contribution in [-0.2, 0) is 0 Å². The molecule has 1 aromatic carbocycles. The Kier molecular flexibility index (Phi) is 3.70. The topological polar surface area (TPSA) is 56.8 Å². The van der Waals surface area contributed by atoms with Crippen LogP contribution in [0.1, 0.15) is 0 Å². The van der Waals surface area contributed by atoms with Gasteiger partial charge in [0.1, 0.15) is 0 Å². The van der Waals surface area contributed by atoms with Crippen LogP contribution in [0.3, 0.4) is 0 Å². The van der Waals surface area contributed by atoms with Gasteiger partial charge in [-0.3, -0.25) is 5.10 Å². The van der Waals surface area contributed by atoms with Gasteiger partial charge in [-0.05, 0) is 18.4 Å². The Hall–Kier alpha value is -1.53. The molecule has 3 rings (SSSR count). The number of nitrogens with one attached hydrogen (secondary N) is 2. The largest absolute Gasteiger partial charge is 0.337 e. The van der Waals surface area contributed by atoms with Crippen LogP contribution in [0.4, 0.5) is 5.95 Å². The van der Waals surface area contributed by atoms with Gasteiger partial charge in [-0.25, -0.2) is 0 Å². The second kappa shape index (κ2) is 5.63. The van der Waals surface area contributed by atoms with E-state index in [1.807, 2.05) is 0 Å². The van der Waals surface area contributed by atoms with Crippen molar-refractivity contribution in [1.29, 1.82) is 0 Å². The molecule has 1 aliphatic rings. The number of rotatable bonds is 3. The minimum atomic E-state index is 0.797. The summed E-state index contributed by atoms with van der Waals surface area (Å²) in [5, 5.41) is 10.7. The summed E-state index contributed by atoms with van der Waals surface area (Å²) in [6.45, 7) is 3.91. The van der Waals surface area contributed by atoms with E-state index in [9.17, 15) is 0 Å². The molecule has 0 unspecified atom stereocenters. The molecule has 0 spiro atoms. The van der Waals surface area contributed by atoms with Gasteiger partial charge in [0, 0.05) is 36.6 Å². The number of hydrogen-bond donors (Lipinski definition) is 2. The van der Waals surface area contributed by atoms with Gasteiger partial charge in [0.2, 0.25) is 5.95 Å². The number of thioether (sulfide) groups is 1. The summed E-state index contributed by atoms with van der Waals surface area (Å²) in [6.07, 6.45) is 2.08. The number of nitrogens with zero attached hydrogens (tertiary/aromatic N) is 3.